The molecule has 2 nitrogen and oxygen atoms in total. The maximum atomic E-state index is 4.77. The molecule has 1 aromatic heterocycles. The van der Waals surface area contributed by atoms with Crippen molar-refractivity contribution in [1.82, 2.24) is 10.3 Å². The average molecular weight is 246 g/mol. The highest BCUT2D eigenvalue weighted by Crippen LogP contribution is 2.27. The lowest BCUT2D eigenvalue weighted by atomic mass is 10.1. The number of benzene rings is 1. The molecule has 1 aliphatic heterocycles. The lowest BCUT2D eigenvalue weighted by Crippen LogP contribution is -2.10. The van der Waals surface area contributed by atoms with Gasteiger partial charge in [-0.05, 0) is 62.5 Å². The zero-order chi connectivity index (χ0) is 11.8. The van der Waals surface area contributed by atoms with E-state index in [9.17, 15) is 0 Å². The van der Waals surface area contributed by atoms with E-state index in [-0.39, 0.29) is 0 Å². The maximum absolute atomic E-state index is 4.77. The third-order valence-electron chi connectivity index (χ3n) is 3.67. The first-order valence-electron chi connectivity index (χ1n) is 6.30. The summed E-state index contributed by atoms with van der Waals surface area (Å²) >= 11 is 1.87. The highest BCUT2D eigenvalue weighted by Gasteiger charge is 2.17. The summed E-state index contributed by atoms with van der Waals surface area (Å²) in [7, 11) is 0. The van der Waals surface area contributed by atoms with Crippen molar-refractivity contribution in [1.29, 1.82) is 0 Å². The summed E-state index contributed by atoms with van der Waals surface area (Å²) in [6, 6.07) is 4.50. The van der Waals surface area contributed by atoms with E-state index in [1.807, 2.05) is 11.3 Å². The molecule has 1 aromatic carbocycles. The van der Waals surface area contributed by atoms with E-state index in [1.54, 1.807) is 0 Å². The Labute approximate surface area is 106 Å². The second-order valence-corrected chi connectivity index (χ2v) is 6.19. The second-order valence-electron chi connectivity index (χ2n) is 5.07. The van der Waals surface area contributed by atoms with Gasteiger partial charge in [-0.15, -0.1) is 11.3 Å². The molecular weight excluding hydrogens is 228 g/mol. The van der Waals surface area contributed by atoms with E-state index in [1.165, 1.54) is 39.3 Å². The van der Waals surface area contributed by atoms with Gasteiger partial charge in [0.15, 0.2) is 0 Å². The first kappa shape index (κ1) is 11.2. The van der Waals surface area contributed by atoms with Gasteiger partial charge in [0, 0.05) is 6.42 Å². The normalized spacial score (nSPS) is 20.2. The minimum Gasteiger partial charge on any atom is -0.316 e. The molecule has 1 unspecified atom stereocenters. The number of hydrogen-bond acceptors (Lipinski definition) is 3. The Hall–Kier alpha value is -0.930. The number of hydrogen-bond donors (Lipinski definition) is 1. The summed E-state index contributed by atoms with van der Waals surface area (Å²) in [4.78, 5) is 4.77. The average Bonchev–Trinajstić information content (AvgIpc) is 2.89. The number of thiazole rings is 1. The topological polar surface area (TPSA) is 24.9 Å². The Morgan fingerprint density at radius 1 is 1.35 bits per heavy atom. The highest BCUT2D eigenvalue weighted by atomic mass is 32.1. The Balaban J connectivity index is 1.90. The molecule has 0 saturated carbocycles. The van der Waals surface area contributed by atoms with E-state index in [0.717, 1.165) is 18.9 Å². The molecule has 0 spiro atoms. The van der Waals surface area contributed by atoms with Gasteiger partial charge in [0.1, 0.15) is 0 Å². The molecule has 0 bridgehead atoms. The van der Waals surface area contributed by atoms with Crippen LogP contribution in [0, 0.1) is 19.8 Å². The van der Waals surface area contributed by atoms with E-state index in [0.29, 0.717) is 0 Å². The molecule has 3 rings (SSSR count). The monoisotopic (exact) mass is 246 g/mol. The van der Waals surface area contributed by atoms with E-state index in [2.05, 4.69) is 31.3 Å². The highest BCUT2D eigenvalue weighted by molar-refractivity contribution is 7.18. The van der Waals surface area contributed by atoms with Crippen molar-refractivity contribution in [3.63, 3.8) is 0 Å². The first-order valence-corrected chi connectivity index (χ1v) is 7.11. The van der Waals surface area contributed by atoms with Gasteiger partial charge in [-0.2, -0.15) is 0 Å². The number of aromatic nitrogens is 1. The fourth-order valence-corrected chi connectivity index (χ4v) is 3.61. The molecule has 1 saturated heterocycles. The summed E-state index contributed by atoms with van der Waals surface area (Å²) in [6.07, 6.45) is 2.44. The van der Waals surface area contributed by atoms with Crippen molar-refractivity contribution in [2.45, 2.75) is 26.7 Å². The zero-order valence-electron chi connectivity index (χ0n) is 10.4. The third kappa shape index (κ3) is 2.22. The molecule has 1 N–H and O–H groups in total. The van der Waals surface area contributed by atoms with Crippen LogP contribution in [0.15, 0.2) is 12.1 Å². The fourth-order valence-electron chi connectivity index (χ4n) is 2.45. The van der Waals surface area contributed by atoms with Crippen LogP contribution in [0.25, 0.3) is 10.2 Å². The zero-order valence-corrected chi connectivity index (χ0v) is 11.2. The second kappa shape index (κ2) is 4.39. The molecule has 1 atom stereocenters. The van der Waals surface area contributed by atoms with E-state index in [4.69, 9.17) is 4.98 Å². The van der Waals surface area contributed by atoms with Gasteiger partial charge >= 0.3 is 0 Å². The first-order chi connectivity index (χ1) is 8.22. The van der Waals surface area contributed by atoms with Gasteiger partial charge in [0.05, 0.1) is 15.2 Å². The van der Waals surface area contributed by atoms with Gasteiger partial charge in [-0.1, -0.05) is 0 Å². The number of fused-ring (bicyclic) bond motifs is 1. The summed E-state index contributed by atoms with van der Waals surface area (Å²) in [5.74, 6) is 0.790. The molecule has 1 aliphatic rings. The van der Waals surface area contributed by atoms with Gasteiger partial charge in [0.25, 0.3) is 0 Å². The summed E-state index contributed by atoms with van der Waals surface area (Å²) in [5.41, 5.74) is 3.89. The molecular formula is C14H18N2S. The number of nitrogens with zero attached hydrogens (tertiary/aromatic N) is 1. The molecule has 2 aromatic rings. The Kier molecular flexibility index (Phi) is 2.89. The molecule has 17 heavy (non-hydrogen) atoms. The number of rotatable bonds is 2. The van der Waals surface area contributed by atoms with Crippen molar-refractivity contribution in [3.05, 3.63) is 28.3 Å². The van der Waals surface area contributed by atoms with Crippen LogP contribution in [0.1, 0.15) is 22.6 Å². The van der Waals surface area contributed by atoms with Gasteiger partial charge in [-0.25, -0.2) is 4.98 Å². The molecule has 0 radical (unpaired) electrons. The quantitative estimate of drug-likeness (QED) is 0.881. The molecule has 0 aliphatic carbocycles. The van der Waals surface area contributed by atoms with Crippen molar-refractivity contribution in [2.75, 3.05) is 13.1 Å². The van der Waals surface area contributed by atoms with Crippen LogP contribution < -0.4 is 5.32 Å². The van der Waals surface area contributed by atoms with Gasteiger partial charge in [-0.3, -0.25) is 0 Å². The Morgan fingerprint density at radius 2 is 2.18 bits per heavy atom. The van der Waals surface area contributed by atoms with Gasteiger partial charge < -0.3 is 5.32 Å². The lowest BCUT2D eigenvalue weighted by molar-refractivity contribution is 0.579. The van der Waals surface area contributed by atoms with E-state index >= 15 is 0 Å². The predicted molar refractivity (Wildman–Crippen MR) is 73.8 cm³/mol. The van der Waals surface area contributed by atoms with Crippen LogP contribution in [-0.4, -0.2) is 18.1 Å². The van der Waals surface area contributed by atoms with Crippen molar-refractivity contribution in [3.8, 4) is 0 Å². The molecule has 3 heteroatoms. The summed E-state index contributed by atoms with van der Waals surface area (Å²) in [6.45, 7) is 6.67. The standard InChI is InChI=1S/C14H18N2S/c1-9-5-12-13(6-10(9)2)17-14(16-12)7-11-3-4-15-8-11/h5-6,11,15H,3-4,7-8H2,1-2H3. The smallest absolute Gasteiger partial charge is 0.0941 e. The summed E-state index contributed by atoms with van der Waals surface area (Å²) < 4.78 is 1.34. The van der Waals surface area contributed by atoms with Crippen molar-refractivity contribution >= 4 is 21.6 Å². The largest absolute Gasteiger partial charge is 0.316 e. The van der Waals surface area contributed by atoms with Crippen molar-refractivity contribution in [2.24, 2.45) is 5.92 Å². The van der Waals surface area contributed by atoms with Gasteiger partial charge in [0.2, 0.25) is 0 Å². The molecule has 0 amide bonds. The minimum absolute atomic E-state index is 0.790. The molecule has 1 fully saturated rings. The summed E-state index contributed by atoms with van der Waals surface area (Å²) in [5, 5.41) is 4.73. The van der Waals surface area contributed by atoms with Crippen LogP contribution in [0.5, 0.6) is 0 Å². The third-order valence-corrected chi connectivity index (χ3v) is 4.71. The lowest BCUT2D eigenvalue weighted by Gasteiger charge is -2.03. The molecule has 2 heterocycles. The fraction of sp³-hybridized carbons (Fsp3) is 0.500. The van der Waals surface area contributed by atoms with Crippen LogP contribution in [0.4, 0.5) is 0 Å². The van der Waals surface area contributed by atoms with Crippen LogP contribution in [0.3, 0.4) is 0 Å². The minimum atomic E-state index is 0.790. The number of aryl methyl sites for hydroxylation is 2. The van der Waals surface area contributed by atoms with E-state index < -0.39 is 0 Å². The van der Waals surface area contributed by atoms with Crippen LogP contribution >= 0.6 is 11.3 Å². The predicted octanol–water partition coefficient (Wildman–Crippen LogP) is 3.07. The SMILES string of the molecule is Cc1cc2nc(CC3CCNC3)sc2cc1C. The Morgan fingerprint density at radius 3 is 2.94 bits per heavy atom. The maximum Gasteiger partial charge on any atom is 0.0941 e. The number of nitrogens with one attached hydrogen (secondary N) is 1. The van der Waals surface area contributed by atoms with Crippen LogP contribution in [-0.2, 0) is 6.42 Å². The molecule has 90 valence electrons. The van der Waals surface area contributed by atoms with Crippen LogP contribution in [0.2, 0.25) is 0 Å². The Bertz CT molecular complexity index is 499. The van der Waals surface area contributed by atoms with Crippen molar-refractivity contribution < 1.29 is 0 Å².